The molecule has 0 fully saturated rings. The van der Waals surface area contributed by atoms with Crippen molar-refractivity contribution >= 4 is 17.3 Å². The molecule has 0 aliphatic carbocycles. The van der Waals surface area contributed by atoms with Gasteiger partial charge in [-0.2, -0.15) is 0 Å². The Morgan fingerprint density at radius 3 is 2.48 bits per heavy atom. The minimum Gasteiger partial charge on any atom is -0.380 e. The number of rotatable bonds is 6. The molecule has 5 heteroatoms. The van der Waals surface area contributed by atoms with Gasteiger partial charge in [0.05, 0.1) is 11.3 Å². The molecule has 2 N–H and O–H groups in total. The minimum absolute atomic E-state index is 0.241. The Bertz CT molecular complexity index is 923. The highest BCUT2D eigenvalue weighted by Gasteiger charge is 2.09. The van der Waals surface area contributed by atoms with Crippen LogP contribution in [0, 0.1) is 5.82 Å². The van der Waals surface area contributed by atoms with Gasteiger partial charge >= 0.3 is 0 Å². The molecule has 1 amide bonds. The van der Waals surface area contributed by atoms with Gasteiger partial charge < -0.3 is 10.6 Å². The highest BCUT2D eigenvalue weighted by Crippen LogP contribution is 2.18. The molecule has 0 spiro atoms. The van der Waals surface area contributed by atoms with E-state index in [4.69, 9.17) is 0 Å². The van der Waals surface area contributed by atoms with E-state index in [1.165, 1.54) is 17.8 Å². The summed E-state index contributed by atoms with van der Waals surface area (Å²) in [6, 6.07) is 16.1. The zero-order valence-electron chi connectivity index (χ0n) is 15.4. The predicted molar refractivity (Wildman–Crippen MR) is 106 cm³/mol. The van der Waals surface area contributed by atoms with Crippen molar-refractivity contribution in [3.63, 3.8) is 0 Å². The lowest BCUT2D eigenvalue weighted by atomic mass is 10.0. The number of halogens is 1. The maximum Gasteiger partial charge on any atom is 0.257 e. The summed E-state index contributed by atoms with van der Waals surface area (Å²) in [6.07, 6.45) is 3.11. The average Bonchev–Trinajstić information content (AvgIpc) is 2.68. The van der Waals surface area contributed by atoms with Gasteiger partial charge in [-0.05, 0) is 35.7 Å². The quantitative estimate of drug-likeness (QED) is 0.632. The fourth-order valence-electron chi connectivity index (χ4n) is 2.65. The summed E-state index contributed by atoms with van der Waals surface area (Å²) < 4.78 is 13.7. The second-order valence-electron chi connectivity index (χ2n) is 6.64. The molecule has 2 aromatic carbocycles. The van der Waals surface area contributed by atoms with Gasteiger partial charge in [0.2, 0.25) is 0 Å². The van der Waals surface area contributed by atoms with E-state index in [1.54, 1.807) is 30.5 Å². The molecule has 1 aromatic heterocycles. The molecule has 3 aromatic rings. The van der Waals surface area contributed by atoms with Gasteiger partial charge in [0.1, 0.15) is 5.82 Å². The maximum atomic E-state index is 13.7. The van der Waals surface area contributed by atoms with E-state index in [1.807, 2.05) is 24.3 Å². The van der Waals surface area contributed by atoms with Crippen molar-refractivity contribution in [1.29, 1.82) is 0 Å². The van der Waals surface area contributed by atoms with E-state index >= 15 is 0 Å². The van der Waals surface area contributed by atoms with Gasteiger partial charge in [0.25, 0.3) is 5.91 Å². The fraction of sp³-hybridized carbons (Fsp3) is 0.182. The minimum atomic E-state index is -0.267. The van der Waals surface area contributed by atoms with Gasteiger partial charge in [-0.3, -0.25) is 9.78 Å². The second kappa shape index (κ2) is 8.45. The Morgan fingerprint density at radius 2 is 1.78 bits per heavy atom. The number of nitrogens with one attached hydrogen (secondary N) is 2. The van der Waals surface area contributed by atoms with Crippen LogP contribution in [-0.4, -0.2) is 10.9 Å². The summed E-state index contributed by atoms with van der Waals surface area (Å²) in [7, 11) is 0. The summed E-state index contributed by atoms with van der Waals surface area (Å²) in [4.78, 5) is 16.6. The third kappa shape index (κ3) is 4.91. The number of aromatic nitrogens is 1. The standard InChI is InChI=1S/C22H22FN3O/c1-15(2)16-7-9-19(10-8-16)26-22(27)18-11-20(14-24-12-18)25-13-17-5-3-4-6-21(17)23/h3-12,14-15,25H,13H2,1-2H3,(H,26,27). The zero-order valence-corrected chi connectivity index (χ0v) is 15.4. The van der Waals surface area contributed by atoms with Crippen LogP contribution in [0.3, 0.4) is 0 Å². The Balaban J connectivity index is 1.65. The molecule has 0 bridgehead atoms. The molecule has 0 saturated heterocycles. The van der Waals surface area contributed by atoms with E-state index in [-0.39, 0.29) is 11.7 Å². The molecule has 0 aliphatic rings. The van der Waals surface area contributed by atoms with Gasteiger partial charge in [-0.25, -0.2) is 4.39 Å². The molecular formula is C22H22FN3O. The van der Waals surface area contributed by atoms with E-state index in [0.29, 0.717) is 29.3 Å². The SMILES string of the molecule is CC(C)c1ccc(NC(=O)c2cncc(NCc3ccccc3F)c2)cc1. The first-order valence-electron chi connectivity index (χ1n) is 8.86. The number of hydrogen-bond acceptors (Lipinski definition) is 3. The lowest BCUT2D eigenvalue weighted by molar-refractivity contribution is 0.102. The van der Waals surface area contributed by atoms with Crippen molar-refractivity contribution in [2.45, 2.75) is 26.3 Å². The first-order valence-corrected chi connectivity index (χ1v) is 8.86. The van der Waals surface area contributed by atoms with Crippen molar-refractivity contribution in [2.24, 2.45) is 0 Å². The maximum absolute atomic E-state index is 13.7. The van der Waals surface area contributed by atoms with Crippen molar-refractivity contribution < 1.29 is 9.18 Å². The fourth-order valence-corrected chi connectivity index (χ4v) is 2.65. The average molecular weight is 363 g/mol. The largest absolute Gasteiger partial charge is 0.380 e. The van der Waals surface area contributed by atoms with Crippen LogP contribution in [0.5, 0.6) is 0 Å². The number of nitrogens with zero attached hydrogens (tertiary/aromatic N) is 1. The molecule has 1 heterocycles. The molecule has 138 valence electrons. The van der Waals surface area contributed by atoms with Gasteiger partial charge in [-0.1, -0.05) is 44.2 Å². The molecule has 0 atom stereocenters. The van der Waals surface area contributed by atoms with Crippen LogP contribution in [0.25, 0.3) is 0 Å². The third-order valence-corrected chi connectivity index (χ3v) is 4.28. The van der Waals surface area contributed by atoms with Crippen LogP contribution in [0.4, 0.5) is 15.8 Å². The van der Waals surface area contributed by atoms with E-state index < -0.39 is 0 Å². The van der Waals surface area contributed by atoms with Crippen LogP contribution in [0.2, 0.25) is 0 Å². The van der Waals surface area contributed by atoms with Crippen molar-refractivity contribution in [3.8, 4) is 0 Å². The summed E-state index contributed by atoms with van der Waals surface area (Å²) in [5.74, 6) is -0.0674. The Labute approximate surface area is 158 Å². The van der Waals surface area contributed by atoms with Crippen molar-refractivity contribution in [1.82, 2.24) is 4.98 Å². The Kier molecular flexibility index (Phi) is 5.81. The number of benzene rings is 2. The Morgan fingerprint density at radius 1 is 1.04 bits per heavy atom. The molecule has 0 saturated carbocycles. The van der Waals surface area contributed by atoms with Crippen LogP contribution >= 0.6 is 0 Å². The number of carbonyl (C=O) groups is 1. The molecule has 3 rings (SSSR count). The molecule has 0 unspecified atom stereocenters. The van der Waals surface area contributed by atoms with Crippen LogP contribution < -0.4 is 10.6 Å². The van der Waals surface area contributed by atoms with E-state index in [9.17, 15) is 9.18 Å². The number of anilines is 2. The lowest BCUT2D eigenvalue weighted by Crippen LogP contribution is -2.13. The third-order valence-electron chi connectivity index (χ3n) is 4.28. The van der Waals surface area contributed by atoms with Crippen molar-refractivity contribution in [3.05, 3.63) is 89.5 Å². The molecule has 0 radical (unpaired) electrons. The summed E-state index contributed by atoms with van der Waals surface area (Å²) in [5.41, 5.74) is 3.59. The van der Waals surface area contributed by atoms with E-state index in [2.05, 4.69) is 29.5 Å². The first kappa shape index (κ1) is 18.6. The zero-order chi connectivity index (χ0) is 19.2. The smallest absolute Gasteiger partial charge is 0.257 e. The van der Waals surface area contributed by atoms with Gasteiger partial charge in [-0.15, -0.1) is 0 Å². The topological polar surface area (TPSA) is 54.0 Å². The van der Waals surface area contributed by atoms with Gasteiger partial charge in [0.15, 0.2) is 0 Å². The number of pyridine rings is 1. The predicted octanol–water partition coefficient (Wildman–Crippen LogP) is 5.21. The first-order chi connectivity index (χ1) is 13.0. The number of amides is 1. The molecule has 4 nitrogen and oxygen atoms in total. The summed E-state index contributed by atoms with van der Waals surface area (Å²) in [5, 5.41) is 5.97. The van der Waals surface area contributed by atoms with Gasteiger partial charge in [0, 0.05) is 30.2 Å². The summed E-state index contributed by atoms with van der Waals surface area (Å²) >= 11 is 0. The highest BCUT2D eigenvalue weighted by molar-refractivity contribution is 6.04. The lowest BCUT2D eigenvalue weighted by Gasteiger charge is -2.10. The summed E-state index contributed by atoms with van der Waals surface area (Å²) in [6.45, 7) is 4.56. The van der Waals surface area contributed by atoms with Crippen LogP contribution in [0.1, 0.15) is 41.3 Å². The van der Waals surface area contributed by atoms with Crippen LogP contribution in [-0.2, 0) is 6.54 Å². The van der Waals surface area contributed by atoms with E-state index in [0.717, 1.165) is 5.69 Å². The number of carbonyl (C=O) groups excluding carboxylic acids is 1. The second-order valence-corrected chi connectivity index (χ2v) is 6.64. The van der Waals surface area contributed by atoms with Crippen molar-refractivity contribution in [2.75, 3.05) is 10.6 Å². The molecule has 27 heavy (non-hydrogen) atoms. The van der Waals surface area contributed by atoms with Crippen LogP contribution in [0.15, 0.2) is 67.0 Å². The molecular weight excluding hydrogens is 341 g/mol. The monoisotopic (exact) mass is 363 g/mol. The molecule has 0 aliphatic heterocycles. The highest BCUT2D eigenvalue weighted by atomic mass is 19.1. The Hall–Kier alpha value is -3.21. The number of hydrogen-bond donors (Lipinski definition) is 2. The normalized spacial score (nSPS) is 10.7.